The highest BCUT2D eigenvalue weighted by molar-refractivity contribution is 5.80. The molecule has 4 heterocycles. The second kappa shape index (κ2) is 13.3. The van der Waals surface area contributed by atoms with Crippen LogP contribution in [0.1, 0.15) is 71.8 Å². The van der Waals surface area contributed by atoms with Gasteiger partial charge in [0, 0.05) is 18.7 Å². The molecule has 2 saturated heterocycles. The third-order valence-corrected chi connectivity index (χ3v) is 8.90. The lowest BCUT2D eigenvalue weighted by atomic mass is 10.1. The maximum atomic E-state index is 13.1. The van der Waals surface area contributed by atoms with E-state index in [1.165, 1.54) is 0 Å². The van der Waals surface area contributed by atoms with Gasteiger partial charge >= 0.3 is 0 Å². The largest absolute Gasteiger partial charge is 0.340 e. The second-order valence-corrected chi connectivity index (χ2v) is 12.0. The Labute approximate surface area is 268 Å². The summed E-state index contributed by atoms with van der Waals surface area (Å²) < 4.78 is 0. The van der Waals surface area contributed by atoms with Gasteiger partial charge in [0.05, 0.1) is 43.0 Å². The zero-order chi connectivity index (χ0) is 31.3. The van der Waals surface area contributed by atoms with Crippen molar-refractivity contribution >= 4 is 11.8 Å². The first-order chi connectivity index (χ1) is 22.6. The van der Waals surface area contributed by atoms with E-state index < -0.39 is 0 Å². The quantitative estimate of drug-likeness (QED) is 0.221. The summed E-state index contributed by atoms with van der Waals surface area (Å²) in [6, 6.07) is 27.7. The molecule has 7 rings (SSSR count). The zero-order valence-electron chi connectivity index (χ0n) is 25.7. The van der Waals surface area contributed by atoms with E-state index >= 15 is 0 Å². The monoisotopic (exact) mass is 608 g/mol. The van der Waals surface area contributed by atoms with Crippen molar-refractivity contribution in [3.05, 3.63) is 131 Å². The first-order valence-corrected chi connectivity index (χ1v) is 16.0. The SMILES string of the molecule is O=C(Cc1ccccc1)N1CCC[C@H]1c1ncc(C#Cc2ccc(-c3cnc([C@@H]4CCCN4C(=O)Cc4ccccc4)[nH]3)cc2)[nH]1. The van der Waals surface area contributed by atoms with Gasteiger partial charge in [-0.15, -0.1) is 0 Å². The molecular weight excluding hydrogens is 572 g/mol. The molecule has 2 N–H and O–H groups in total. The van der Waals surface area contributed by atoms with Crippen molar-refractivity contribution in [3.63, 3.8) is 0 Å². The molecule has 5 aromatic rings. The van der Waals surface area contributed by atoms with Gasteiger partial charge in [-0.2, -0.15) is 0 Å². The van der Waals surface area contributed by atoms with E-state index in [0.717, 1.165) is 84.1 Å². The first kappa shape index (κ1) is 29.3. The Hall–Kier alpha value is -5.42. The second-order valence-electron chi connectivity index (χ2n) is 12.0. The minimum Gasteiger partial charge on any atom is -0.340 e. The summed E-state index contributed by atoms with van der Waals surface area (Å²) in [5.41, 5.74) is 5.58. The number of aromatic amines is 2. The molecular formula is C38H36N6O2. The maximum Gasteiger partial charge on any atom is 0.227 e. The number of amides is 2. The predicted molar refractivity (Wildman–Crippen MR) is 176 cm³/mol. The number of carbonyl (C=O) groups is 2. The van der Waals surface area contributed by atoms with Crippen LogP contribution in [0.4, 0.5) is 0 Å². The molecule has 230 valence electrons. The molecule has 0 radical (unpaired) electrons. The van der Waals surface area contributed by atoms with Gasteiger partial charge in [0.1, 0.15) is 17.3 Å². The smallest absolute Gasteiger partial charge is 0.227 e. The summed E-state index contributed by atoms with van der Waals surface area (Å²) in [5.74, 6) is 8.30. The Morgan fingerprint density at radius 3 is 1.80 bits per heavy atom. The summed E-state index contributed by atoms with van der Waals surface area (Å²) in [6.45, 7) is 1.50. The predicted octanol–water partition coefficient (Wildman–Crippen LogP) is 6.01. The molecule has 2 aromatic heterocycles. The number of hydrogen-bond donors (Lipinski definition) is 2. The average molecular weight is 609 g/mol. The molecule has 0 aliphatic carbocycles. The Morgan fingerprint density at radius 2 is 1.22 bits per heavy atom. The van der Waals surface area contributed by atoms with Crippen LogP contribution < -0.4 is 0 Å². The molecule has 0 bridgehead atoms. The van der Waals surface area contributed by atoms with Crippen molar-refractivity contribution in [1.82, 2.24) is 29.7 Å². The summed E-state index contributed by atoms with van der Waals surface area (Å²) in [4.78, 5) is 46.1. The lowest BCUT2D eigenvalue weighted by Crippen LogP contribution is -2.32. The van der Waals surface area contributed by atoms with Gasteiger partial charge in [0.2, 0.25) is 11.8 Å². The topological polar surface area (TPSA) is 98.0 Å². The van der Waals surface area contributed by atoms with Crippen LogP contribution >= 0.6 is 0 Å². The summed E-state index contributed by atoms with van der Waals surface area (Å²) in [7, 11) is 0. The summed E-state index contributed by atoms with van der Waals surface area (Å²) in [6.07, 6.45) is 8.12. The van der Waals surface area contributed by atoms with E-state index in [-0.39, 0.29) is 23.9 Å². The molecule has 2 amide bonds. The molecule has 2 aliphatic heterocycles. The van der Waals surface area contributed by atoms with E-state index in [0.29, 0.717) is 12.8 Å². The number of hydrogen-bond acceptors (Lipinski definition) is 4. The number of imidazole rings is 2. The molecule has 8 nitrogen and oxygen atoms in total. The minimum atomic E-state index is -0.0522. The van der Waals surface area contributed by atoms with Crippen molar-refractivity contribution in [3.8, 4) is 23.1 Å². The minimum absolute atomic E-state index is 0.0345. The molecule has 0 unspecified atom stereocenters. The molecule has 2 aliphatic rings. The van der Waals surface area contributed by atoms with Crippen molar-refractivity contribution in [1.29, 1.82) is 0 Å². The number of nitrogens with zero attached hydrogens (tertiary/aromatic N) is 4. The molecule has 2 fully saturated rings. The third-order valence-electron chi connectivity index (χ3n) is 8.90. The van der Waals surface area contributed by atoms with Gasteiger partial charge < -0.3 is 19.8 Å². The van der Waals surface area contributed by atoms with Crippen molar-refractivity contribution in [2.45, 2.75) is 50.6 Å². The summed E-state index contributed by atoms with van der Waals surface area (Å²) in [5, 5.41) is 0. The highest BCUT2D eigenvalue weighted by Gasteiger charge is 2.33. The van der Waals surface area contributed by atoms with Crippen LogP contribution in [0.15, 0.2) is 97.3 Å². The van der Waals surface area contributed by atoms with Crippen LogP contribution in [0, 0.1) is 11.8 Å². The Kier molecular flexibility index (Phi) is 8.46. The van der Waals surface area contributed by atoms with E-state index in [1.807, 2.05) is 101 Å². The Balaban J connectivity index is 0.981. The van der Waals surface area contributed by atoms with E-state index in [1.54, 1.807) is 6.20 Å². The van der Waals surface area contributed by atoms with Crippen LogP contribution in [-0.2, 0) is 22.4 Å². The van der Waals surface area contributed by atoms with Crippen LogP contribution in [0.3, 0.4) is 0 Å². The van der Waals surface area contributed by atoms with Crippen LogP contribution in [0.5, 0.6) is 0 Å². The van der Waals surface area contributed by atoms with E-state index in [4.69, 9.17) is 0 Å². The molecule has 8 heteroatoms. The molecule has 0 saturated carbocycles. The fraction of sp³-hybridized carbons (Fsp3) is 0.263. The maximum absolute atomic E-state index is 13.1. The lowest BCUT2D eigenvalue weighted by Gasteiger charge is -2.23. The zero-order valence-corrected chi connectivity index (χ0v) is 25.7. The van der Waals surface area contributed by atoms with Crippen LogP contribution in [-0.4, -0.2) is 54.6 Å². The van der Waals surface area contributed by atoms with Crippen molar-refractivity contribution < 1.29 is 9.59 Å². The van der Waals surface area contributed by atoms with Gasteiger partial charge in [0.15, 0.2) is 0 Å². The average Bonchev–Trinajstić information content (AvgIpc) is 3.91. The summed E-state index contributed by atoms with van der Waals surface area (Å²) >= 11 is 0. The normalized spacial score (nSPS) is 17.6. The van der Waals surface area contributed by atoms with Gasteiger partial charge in [-0.25, -0.2) is 9.97 Å². The van der Waals surface area contributed by atoms with E-state index in [9.17, 15) is 9.59 Å². The molecule has 3 aromatic carbocycles. The van der Waals surface area contributed by atoms with Gasteiger partial charge in [0.25, 0.3) is 0 Å². The van der Waals surface area contributed by atoms with E-state index in [2.05, 4.69) is 31.8 Å². The number of rotatable bonds is 7. The number of nitrogens with one attached hydrogen (secondary N) is 2. The number of benzene rings is 3. The third kappa shape index (κ3) is 6.50. The highest BCUT2D eigenvalue weighted by Crippen LogP contribution is 2.33. The van der Waals surface area contributed by atoms with Gasteiger partial charge in [-0.3, -0.25) is 9.59 Å². The van der Waals surface area contributed by atoms with Crippen molar-refractivity contribution in [2.24, 2.45) is 0 Å². The molecule has 46 heavy (non-hydrogen) atoms. The first-order valence-electron chi connectivity index (χ1n) is 16.0. The fourth-order valence-electron chi connectivity index (χ4n) is 6.54. The Bertz CT molecular complexity index is 1870. The number of carbonyl (C=O) groups excluding carboxylic acids is 2. The fourth-order valence-corrected chi connectivity index (χ4v) is 6.54. The molecule has 2 atom stereocenters. The number of aromatic nitrogens is 4. The van der Waals surface area contributed by atoms with Gasteiger partial charge in [-0.05, 0) is 60.4 Å². The highest BCUT2D eigenvalue weighted by atomic mass is 16.2. The Morgan fingerprint density at radius 1 is 0.674 bits per heavy atom. The van der Waals surface area contributed by atoms with Gasteiger partial charge in [-0.1, -0.05) is 78.7 Å². The standard InChI is InChI=1S/C38H36N6O2/c45-35(23-28-9-3-1-4-10-28)43-21-7-13-33(43)37-39-25-31(41-37)20-17-27-15-18-30(19-16-27)32-26-40-38(42-32)34-14-8-22-44(34)36(46)24-29-11-5-2-6-12-29/h1-6,9-12,15-16,18-19,25-26,33-34H,7-8,13-14,21-24H2,(H,39,41)(H,40,42)/t33-,34-/m0/s1. The number of H-pyrrole nitrogens is 2. The van der Waals surface area contributed by atoms with Crippen LogP contribution in [0.25, 0.3) is 11.3 Å². The number of likely N-dealkylation sites (tertiary alicyclic amines) is 2. The van der Waals surface area contributed by atoms with Crippen molar-refractivity contribution in [2.75, 3.05) is 13.1 Å². The molecule has 0 spiro atoms. The lowest BCUT2D eigenvalue weighted by molar-refractivity contribution is -0.132. The van der Waals surface area contributed by atoms with Crippen LogP contribution in [0.2, 0.25) is 0 Å².